The van der Waals surface area contributed by atoms with Gasteiger partial charge in [0, 0.05) is 66.6 Å². The number of nitrogens with zero attached hydrogens (tertiary/aromatic N) is 3. The van der Waals surface area contributed by atoms with Gasteiger partial charge in [-0.05, 0) is 55.7 Å². The first kappa shape index (κ1) is 29.6. The van der Waals surface area contributed by atoms with Gasteiger partial charge >= 0.3 is 19.2 Å². The summed E-state index contributed by atoms with van der Waals surface area (Å²) in [5.74, 6) is 4.73. The normalized spacial score (nSPS) is 13.7. The van der Waals surface area contributed by atoms with Crippen LogP contribution in [0.2, 0.25) is 6.82 Å². The molecule has 1 amide bonds. The van der Waals surface area contributed by atoms with Crippen LogP contribution < -0.4 is 10.2 Å². The fourth-order valence-corrected chi connectivity index (χ4v) is 4.43. The van der Waals surface area contributed by atoms with Gasteiger partial charge in [0.2, 0.25) is 0 Å². The van der Waals surface area contributed by atoms with Crippen LogP contribution in [0.5, 0.6) is 0 Å². The number of benzene rings is 2. The van der Waals surface area contributed by atoms with Crippen LogP contribution in [0.1, 0.15) is 43.0 Å². The van der Waals surface area contributed by atoms with Crippen molar-refractivity contribution in [2.45, 2.75) is 19.9 Å². The summed E-state index contributed by atoms with van der Waals surface area (Å²) in [5, 5.41) is 12.3. The second kappa shape index (κ2) is 12.5. The largest absolute Gasteiger partial charge is 0.465 e. The van der Waals surface area contributed by atoms with Crippen molar-refractivity contribution in [3.05, 3.63) is 88.2 Å². The monoisotopic (exact) mass is 564 g/mol. The molecule has 1 aromatic heterocycles. The van der Waals surface area contributed by atoms with Gasteiger partial charge < -0.3 is 24.8 Å². The molecule has 8 nitrogen and oxygen atoms in total. The van der Waals surface area contributed by atoms with Gasteiger partial charge in [-0.25, -0.2) is 4.79 Å². The first-order valence-corrected chi connectivity index (χ1v) is 12.8. The van der Waals surface area contributed by atoms with Crippen LogP contribution in [0, 0.1) is 18.8 Å². The highest BCUT2D eigenvalue weighted by molar-refractivity contribution is 6.45. The number of hydrogen-bond donors (Lipinski definition) is 2. The van der Waals surface area contributed by atoms with E-state index >= 15 is 0 Å². The van der Waals surface area contributed by atoms with Gasteiger partial charge in [-0.2, -0.15) is 13.2 Å². The molecule has 212 valence electrons. The number of halogens is 3. The highest BCUT2D eigenvalue weighted by Crippen LogP contribution is 2.38. The predicted octanol–water partition coefficient (Wildman–Crippen LogP) is 4.08. The number of hydrogen-bond acceptors (Lipinski definition) is 7. The van der Waals surface area contributed by atoms with Crippen LogP contribution in [0.4, 0.5) is 24.5 Å². The number of esters is 1. The number of methoxy groups -OCH3 is 1. The van der Waals surface area contributed by atoms with Gasteiger partial charge in [-0.3, -0.25) is 9.78 Å². The number of carbonyl (C=O) groups is 2. The Morgan fingerprint density at radius 3 is 2.41 bits per heavy atom. The SMILES string of the molecule is COC(=O)c1cncc(C#Cc2cc(C(=O)Nc3ccc(N4CCN(B(C)O)CC4)c(C(F)(F)F)c3)ccc2C)c1. The van der Waals surface area contributed by atoms with E-state index in [2.05, 4.69) is 22.1 Å². The molecule has 12 heteroatoms. The zero-order valence-corrected chi connectivity index (χ0v) is 22.7. The van der Waals surface area contributed by atoms with E-state index in [1.165, 1.54) is 37.7 Å². The number of alkyl halides is 3. The van der Waals surface area contributed by atoms with E-state index in [1.54, 1.807) is 34.7 Å². The zero-order valence-electron chi connectivity index (χ0n) is 22.7. The maximum Gasteiger partial charge on any atom is 0.418 e. The Hall–Kier alpha value is -4.34. The van der Waals surface area contributed by atoms with Crippen LogP contribution in [0.25, 0.3) is 0 Å². The van der Waals surface area contributed by atoms with E-state index in [1.807, 2.05) is 6.92 Å². The third-order valence-corrected chi connectivity index (χ3v) is 6.74. The number of anilines is 2. The molecule has 1 saturated heterocycles. The lowest BCUT2D eigenvalue weighted by Crippen LogP contribution is -2.51. The topological polar surface area (TPSA) is 95.0 Å². The van der Waals surface area contributed by atoms with Crippen molar-refractivity contribution in [1.29, 1.82) is 0 Å². The Kier molecular flexibility index (Phi) is 9.00. The van der Waals surface area contributed by atoms with Gasteiger partial charge in [-0.1, -0.05) is 17.9 Å². The summed E-state index contributed by atoms with van der Waals surface area (Å²) in [6, 6.07) is 10.1. The quantitative estimate of drug-likeness (QED) is 0.274. The van der Waals surface area contributed by atoms with Crippen molar-refractivity contribution < 1.29 is 32.5 Å². The van der Waals surface area contributed by atoms with Crippen molar-refractivity contribution >= 4 is 30.3 Å². The van der Waals surface area contributed by atoms with Crippen LogP contribution in [-0.4, -0.2) is 67.0 Å². The second-order valence-electron chi connectivity index (χ2n) is 9.57. The lowest BCUT2D eigenvalue weighted by molar-refractivity contribution is -0.137. The number of piperazine rings is 1. The molecule has 0 spiro atoms. The third-order valence-electron chi connectivity index (χ3n) is 6.74. The van der Waals surface area contributed by atoms with Gasteiger partial charge in [0.1, 0.15) is 0 Å². The van der Waals surface area contributed by atoms with Crippen LogP contribution in [0.3, 0.4) is 0 Å². The fraction of sp³-hybridized carbons (Fsp3) is 0.276. The van der Waals surface area contributed by atoms with Gasteiger partial charge in [0.05, 0.1) is 18.2 Å². The minimum Gasteiger partial charge on any atom is -0.465 e. The molecular weight excluding hydrogens is 536 g/mol. The lowest BCUT2D eigenvalue weighted by atomic mass is 9.84. The first-order valence-electron chi connectivity index (χ1n) is 12.8. The fourth-order valence-electron chi connectivity index (χ4n) is 4.43. The summed E-state index contributed by atoms with van der Waals surface area (Å²) in [4.78, 5) is 32.2. The number of rotatable bonds is 5. The number of aromatic nitrogens is 1. The zero-order chi connectivity index (χ0) is 29.7. The maximum absolute atomic E-state index is 14.0. The molecule has 41 heavy (non-hydrogen) atoms. The Morgan fingerprint density at radius 2 is 1.76 bits per heavy atom. The molecule has 2 aromatic carbocycles. The van der Waals surface area contributed by atoms with Crippen molar-refractivity contribution in [2.24, 2.45) is 0 Å². The second-order valence-corrected chi connectivity index (χ2v) is 9.57. The van der Waals surface area contributed by atoms with Gasteiger partial charge in [0.15, 0.2) is 0 Å². The molecular formula is C29H28BF3N4O4. The molecule has 4 rings (SSSR count). The average molecular weight is 564 g/mol. The predicted molar refractivity (Wildman–Crippen MR) is 150 cm³/mol. The van der Waals surface area contributed by atoms with Crippen molar-refractivity contribution in [3.63, 3.8) is 0 Å². The number of aryl methyl sites for hydroxylation is 1. The summed E-state index contributed by atoms with van der Waals surface area (Å²) in [6.07, 6.45) is -1.79. The van der Waals surface area contributed by atoms with E-state index in [0.29, 0.717) is 37.3 Å². The molecule has 3 aromatic rings. The minimum atomic E-state index is -4.63. The maximum atomic E-state index is 14.0. The molecule has 0 unspecified atom stereocenters. The van der Waals surface area contributed by atoms with Crippen LogP contribution in [0.15, 0.2) is 54.9 Å². The molecule has 2 heterocycles. The number of nitrogens with one attached hydrogen (secondary N) is 1. The molecule has 1 fully saturated rings. The summed E-state index contributed by atoms with van der Waals surface area (Å²) >= 11 is 0. The third kappa shape index (κ3) is 7.25. The standard InChI is InChI=1S/C29H28BF3N4O4/c1-19-4-6-22(15-21(19)7-5-20-14-23(18-34-17-20)28(39)41-3)27(38)35-24-8-9-26(25(16-24)29(31,32)33)36-10-12-37(13-11-36)30(2)40/h4,6,8-9,14-18,40H,10-13H2,1-3H3,(H,35,38). The summed E-state index contributed by atoms with van der Waals surface area (Å²) in [6.45, 7) is 4.95. The Balaban J connectivity index is 1.54. The van der Waals surface area contributed by atoms with E-state index < -0.39 is 30.7 Å². The summed E-state index contributed by atoms with van der Waals surface area (Å²) in [5.41, 5.74) is 1.43. The van der Waals surface area contributed by atoms with E-state index in [9.17, 15) is 27.8 Å². The Morgan fingerprint density at radius 1 is 1.02 bits per heavy atom. The first-order chi connectivity index (χ1) is 19.5. The molecule has 1 aliphatic rings. The van der Waals surface area contributed by atoms with E-state index in [-0.39, 0.29) is 22.5 Å². The number of amides is 1. The Labute approximate surface area is 236 Å². The number of carbonyl (C=O) groups excluding carboxylic acids is 2. The number of ether oxygens (including phenoxy) is 1. The van der Waals surface area contributed by atoms with Gasteiger partial charge in [-0.15, -0.1) is 0 Å². The molecule has 0 atom stereocenters. The molecule has 0 saturated carbocycles. The molecule has 0 bridgehead atoms. The number of pyridine rings is 1. The van der Waals surface area contributed by atoms with Crippen molar-refractivity contribution in [2.75, 3.05) is 43.5 Å². The molecule has 2 N–H and O–H groups in total. The minimum absolute atomic E-state index is 0.00704. The lowest BCUT2D eigenvalue weighted by Gasteiger charge is -2.37. The highest BCUT2D eigenvalue weighted by atomic mass is 19.4. The molecule has 1 aliphatic heterocycles. The molecule has 0 radical (unpaired) electrons. The smallest absolute Gasteiger partial charge is 0.418 e. The highest BCUT2D eigenvalue weighted by Gasteiger charge is 2.36. The van der Waals surface area contributed by atoms with Crippen molar-refractivity contribution in [1.82, 2.24) is 9.79 Å². The van der Waals surface area contributed by atoms with E-state index in [4.69, 9.17) is 4.74 Å². The van der Waals surface area contributed by atoms with E-state index in [0.717, 1.165) is 11.6 Å². The summed E-state index contributed by atoms with van der Waals surface area (Å²) < 4.78 is 46.8. The summed E-state index contributed by atoms with van der Waals surface area (Å²) in [7, 11) is 0.597. The molecule has 0 aliphatic carbocycles. The average Bonchev–Trinajstić information content (AvgIpc) is 2.96. The van der Waals surface area contributed by atoms with Crippen LogP contribution in [-0.2, 0) is 10.9 Å². The Bertz CT molecular complexity index is 1510. The van der Waals surface area contributed by atoms with Crippen LogP contribution >= 0.6 is 0 Å². The van der Waals surface area contributed by atoms with Crippen molar-refractivity contribution in [3.8, 4) is 11.8 Å². The van der Waals surface area contributed by atoms with Gasteiger partial charge in [0.25, 0.3) is 5.91 Å².